The molecule has 138 valence electrons. The monoisotopic (exact) mass is 361 g/mol. The summed E-state index contributed by atoms with van der Waals surface area (Å²) in [5.41, 5.74) is 5.57. The van der Waals surface area contributed by atoms with Crippen molar-refractivity contribution in [1.29, 1.82) is 0 Å². The van der Waals surface area contributed by atoms with Crippen molar-refractivity contribution >= 4 is 23.0 Å². The normalized spacial score (nSPS) is 11.0. The van der Waals surface area contributed by atoms with Gasteiger partial charge >= 0.3 is 0 Å². The third-order valence-electron chi connectivity index (χ3n) is 4.14. The number of hydrazone groups is 1. The number of aromatic nitrogens is 1. The van der Waals surface area contributed by atoms with Crippen molar-refractivity contribution in [2.75, 3.05) is 6.61 Å². The number of ether oxygens (including phenoxy) is 1. The van der Waals surface area contributed by atoms with Gasteiger partial charge in [-0.2, -0.15) is 5.10 Å². The molecule has 1 amide bonds. The van der Waals surface area contributed by atoms with Crippen molar-refractivity contribution in [1.82, 2.24) is 9.99 Å². The number of fused-ring (bicyclic) bond motifs is 1. The number of allylic oxidation sites excluding steroid dienone is 1. The summed E-state index contributed by atoms with van der Waals surface area (Å²) < 4.78 is 7.50. The summed E-state index contributed by atoms with van der Waals surface area (Å²) in [6.45, 7) is 7.08. The fraction of sp³-hybridized carbons (Fsp3) is 0.182. The minimum absolute atomic E-state index is 0.162. The Bertz CT molecular complexity index is 955. The number of amides is 1. The molecule has 3 rings (SSSR count). The van der Waals surface area contributed by atoms with Crippen LogP contribution in [-0.2, 0) is 17.8 Å². The van der Waals surface area contributed by atoms with Gasteiger partial charge in [-0.15, -0.1) is 6.58 Å². The predicted molar refractivity (Wildman–Crippen MR) is 109 cm³/mol. The van der Waals surface area contributed by atoms with E-state index in [2.05, 4.69) is 27.7 Å². The van der Waals surface area contributed by atoms with Crippen LogP contribution in [-0.4, -0.2) is 23.3 Å². The summed E-state index contributed by atoms with van der Waals surface area (Å²) in [6.07, 6.45) is 5.81. The number of para-hydroxylation sites is 1. The Morgan fingerprint density at radius 3 is 2.74 bits per heavy atom. The average molecular weight is 361 g/mol. The Balaban J connectivity index is 1.64. The largest absolute Gasteiger partial charge is 0.494 e. The van der Waals surface area contributed by atoms with Crippen LogP contribution in [0.3, 0.4) is 0 Å². The Hall–Kier alpha value is -3.34. The van der Waals surface area contributed by atoms with E-state index in [1.807, 2.05) is 61.7 Å². The van der Waals surface area contributed by atoms with E-state index in [0.29, 0.717) is 6.61 Å². The summed E-state index contributed by atoms with van der Waals surface area (Å²) in [6, 6.07) is 15.6. The van der Waals surface area contributed by atoms with Crippen molar-refractivity contribution < 1.29 is 9.53 Å². The molecule has 1 heterocycles. The molecule has 0 saturated heterocycles. The molecule has 0 fully saturated rings. The van der Waals surface area contributed by atoms with Gasteiger partial charge in [0.05, 0.1) is 19.2 Å². The molecule has 0 saturated carbocycles. The highest BCUT2D eigenvalue weighted by Gasteiger charge is 2.06. The predicted octanol–water partition coefficient (Wildman–Crippen LogP) is 3.92. The van der Waals surface area contributed by atoms with E-state index >= 15 is 0 Å². The lowest BCUT2D eigenvalue weighted by atomic mass is 10.1. The van der Waals surface area contributed by atoms with Crippen molar-refractivity contribution in [3.63, 3.8) is 0 Å². The van der Waals surface area contributed by atoms with Crippen molar-refractivity contribution in [2.24, 2.45) is 5.10 Å². The molecule has 0 aliphatic carbocycles. The maximum absolute atomic E-state index is 12.1. The molecule has 0 bridgehead atoms. The van der Waals surface area contributed by atoms with Crippen LogP contribution in [0.15, 0.2) is 72.5 Å². The first-order valence-electron chi connectivity index (χ1n) is 8.93. The van der Waals surface area contributed by atoms with E-state index in [1.165, 1.54) is 0 Å². The molecule has 2 aromatic carbocycles. The second-order valence-corrected chi connectivity index (χ2v) is 6.09. The molecular weight excluding hydrogens is 338 g/mol. The summed E-state index contributed by atoms with van der Waals surface area (Å²) in [4.78, 5) is 12.1. The maximum atomic E-state index is 12.1. The number of rotatable bonds is 8. The van der Waals surface area contributed by atoms with Crippen LogP contribution in [0.5, 0.6) is 5.75 Å². The second kappa shape index (κ2) is 8.85. The van der Waals surface area contributed by atoms with Crippen LogP contribution >= 0.6 is 0 Å². The van der Waals surface area contributed by atoms with Crippen LogP contribution in [0.1, 0.15) is 18.1 Å². The van der Waals surface area contributed by atoms with Crippen molar-refractivity contribution in [2.45, 2.75) is 19.9 Å². The Kier molecular flexibility index (Phi) is 6.05. The van der Waals surface area contributed by atoms with E-state index in [9.17, 15) is 4.79 Å². The smallest absolute Gasteiger partial charge is 0.244 e. The van der Waals surface area contributed by atoms with Gasteiger partial charge in [-0.3, -0.25) is 4.79 Å². The second-order valence-electron chi connectivity index (χ2n) is 6.09. The molecule has 5 heteroatoms. The fourth-order valence-corrected chi connectivity index (χ4v) is 2.94. The molecule has 0 atom stereocenters. The van der Waals surface area contributed by atoms with E-state index in [0.717, 1.165) is 34.3 Å². The van der Waals surface area contributed by atoms with Gasteiger partial charge in [0.1, 0.15) is 5.75 Å². The molecule has 0 aliphatic rings. The highest BCUT2D eigenvalue weighted by Crippen LogP contribution is 2.20. The molecule has 5 nitrogen and oxygen atoms in total. The van der Waals surface area contributed by atoms with Crippen molar-refractivity contribution in [3.8, 4) is 5.75 Å². The van der Waals surface area contributed by atoms with Crippen LogP contribution in [0, 0.1) is 0 Å². The number of carbonyl (C=O) groups is 1. The van der Waals surface area contributed by atoms with Crippen LogP contribution < -0.4 is 10.2 Å². The first kappa shape index (κ1) is 18.5. The number of hydrogen-bond acceptors (Lipinski definition) is 3. The molecular formula is C22H23N3O2. The Morgan fingerprint density at radius 1 is 1.22 bits per heavy atom. The highest BCUT2D eigenvalue weighted by molar-refractivity contribution is 5.99. The Labute approximate surface area is 159 Å². The molecule has 0 aliphatic heterocycles. The minimum Gasteiger partial charge on any atom is -0.494 e. The lowest BCUT2D eigenvalue weighted by molar-refractivity contribution is -0.120. The standard InChI is InChI=1S/C22H23N3O2/c1-3-13-25-16-18(20-7-5-6-8-21(20)25)15-23-24-22(26)14-17-9-11-19(12-10-17)27-4-2/h3,5-12,15-16H,1,4,13-14H2,2H3,(H,24,26)/b23-15-. The van der Waals surface area contributed by atoms with Gasteiger partial charge in [-0.05, 0) is 30.7 Å². The number of benzene rings is 2. The summed E-state index contributed by atoms with van der Waals surface area (Å²) in [7, 11) is 0. The molecule has 27 heavy (non-hydrogen) atoms. The van der Waals surface area contributed by atoms with Crippen molar-refractivity contribution in [3.05, 3.63) is 78.5 Å². The molecule has 3 aromatic rings. The molecule has 0 radical (unpaired) electrons. The SMILES string of the molecule is C=CCn1cc(/C=N\NC(=O)Cc2ccc(OCC)cc2)c2ccccc21. The van der Waals surface area contributed by atoms with Crippen LogP contribution in [0.4, 0.5) is 0 Å². The lowest BCUT2D eigenvalue weighted by Crippen LogP contribution is -2.19. The van der Waals surface area contributed by atoms with Gasteiger partial charge in [-0.25, -0.2) is 5.43 Å². The van der Waals surface area contributed by atoms with Gasteiger partial charge in [0.15, 0.2) is 0 Å². The zero-order valence-corrected chi connectivity index (χ0v) is 15.4. The van der Waals surface area contributed by atoms with Gasteiger partial charge in [0.2, 0.25) is 5.91 Å². The number of hydrogen-bond donors (Lipinski definition) is 1. The van der Waals surface area contributed by atoms with E-state index in [1.54, 1.807) is 6.21 Å². The van der Waals surface area contributed by atoms with Gasteiger partial charge in [0.25, 0.3) is 0 Å². The fourth-order valence-electron chi connectivity index (χ4n) is 2.94. The summed E-state index contributed by atoms with van der Waals surface area (Å²) in [5.74, 6) is 0.640. The molecule has 0 unspecified atom stereocenters. The van der Waals surface area contributed by atoms with E-state index < -0.39 is 0 Å². The van der Waals surface area contributed by atoms with Crippen LogP contribution in [0.2, 0.25) is 0 Å². The third-order valence-corrected chi connectivity index (χ3v) is 4.14. The van der Waals surface area contributed by atoms with Crippen LogP contribution in [0.25, 0.3) is 10.9 Å². The van der Waals surface area contributed by atoms with E-state index in [-0.39, 0.29) is 12.3 Å². The average Bonchev–Trinajstić information content (AvgIpc) is 3.02. The number of nitrogens with zero attached hydrogens (tertiary/aromatic N) is 2. The first-order chi connectivity index (χ1) is 13.2. The number of carbonyl (C=O) groups excluding carboxylic acids is 1. The number of nitrogens with one attached hydrogen (secondary N) is 1. The quantitative estimate of drug-likeness (QED) is 0.376. The van der Waals surface area contributed by atoms with Gasteiger partial charge in [0, 0.05) is 29.2 Å². The first-order valence-corrected chi connectivity index (χ1v) is 8.93. The zero-order valence-electron chi connectivity index (χ0n) is 15.4. The van der Waals surface area contributed by atoms with E-state index in [4.69, 9.17) is 4.74 Å². The minimum atomic E-state index is -0.162. The summed E-state index contributed by atoms with van der Waals surface area (Å²) in [5, 5.41) is 5.21. The third kappa shape index (κ3) is 4.64. The Morgan fingerprint density at radius 2 is 2.00 bits per heavy atom. The maximum Gasteiger partial charge on any atom is 0.244 e. The van der Waals surface area contributed by atoms with Gasteiger partial charge in [-0.1, -0.05) is 36.4 Å². The molecule has 0 spiro atoms. The van der Waals surface area contributed by atoms with Gasteiger partial charge < -0.3 is 9.30 Å². The highest BCUT2D eigenvalue weighted by atomic mass is 16.5. The lowest BCUT2D eigenvalue weighted by Gasteiger charge is -2.04. The summed E-state index contributed by atoms with van der Waals surface area (Å²) >= 11 is 0. The molecule has 1 N–H and O–H groups in total. The zero-order chi connectivity index (χ0) is 19.1. The topological polar surface area (TPSA) is 55.6 Å². The molecule has 1 aromatic heterocycles.